The number of thiazole rings is 1. The topological polar surface area (TPSA) is 49.9 Å². The maximum atomic E-state index is 10.6. The second-order valence-corrected chi connectivity index (χ2v) is 7.42. The standard InChI is InChI=1S/C21H19N3OS/c1-13-8-9-14(2)18(10-13)23-21-24(3)20(25)19(26-21)11-15-12-22-17-7-5-4-6-16(15)17/h4-12,25H,1-3H3/b15-11+,23-21?. The highest BCUT2D eigenvalue weighted by Gasteiger charge is 2.14. The van der Waals surface area contributed by atoms with Crippen LogP contribution in [0.4, 0.5) is 11.4 Å². The van der Waals surface area contributed by atoms with Crippen molar-refractivity contribution < 1.29 is 5.11 Å². The minimum atomic E-state index is 0.212. The number of rotatable bonds is 2. The first-order valence-electron chi connectivity index (χ1n) is 8.39. The molecule has 4 nitrogen and oxygen atoms in total. The van der Waals surface area contributed by atoms with E-state index >= 15 is 0 Å². The molecule has 26 heavy (non-hydrogen) atoms. The Bertz CT molecular complexity index is 1130. The van der Waals surface area contributed by atoms with Crippen molar-refractivity contribution in [1.29, 1.82) is 0 Å². The number of aliphatic imine (C=N–C) groups is 1. The number of hydrogen-bond donors (Lipinski definition) is 1. The lowest BCUT2D eigenvalue weighted by Crippen LogP contribution is -2.09. The summed E-state index contributed by atoms with van der Waals surface area (Å²) < 4.78 is 1.72. The van der Waals surface area contributed by atoms with Crippen molar-refractivity contribution in [3.05, 3.63) is 68.8 Å². The molecule has 2 aromatic carbocycles. The van der Waals surface area contributed by atoms with Gasteiger partial charge in [0.05, 0.1) is 16.3 Å². The van der Waals surface area contributed by atoms with Gasteiger partial charge in [-0.15, -0.1) is 0 Å². The summed E-state index contributed by atoms with van der Waals surface area (Å²) in [4.78, 5) is 10.7. The third-order valence-electron chi connectivity index (χ3n) is 4.45. The van der Waals surface area contributed by atoms with Crippen LogP contribution in [-0.4, -0.2) is 15.9 Å². The predicted molar refractivity (Wildman–Crippen MR) is 109 cm³/mol. The number of para-hydroxylation sites is 1. The summed E-state index contributed by atoms with van der Waals surface area (Å²) >= 11 is 1.47. The fraction of sp³-hybridized carbons (Fsp3) is 0.143. The molecule has 5 heteroatoms. The Kier molecular flexibility index (Phi) is 4.09. The second kappa shape index (κ2) is 6.42. The molecule has 1 aliphatic heterocycles. The highest BCUT2D eigenvalue weighted by atomic mass is 32.1. The van der Waals surface area contributed by atoms with E-state index in [4.69, 9.17) is 4.99 Å². The summed E-state index contributed by atoms with van der Waals surface area (Å²) in [6, 6.07) is 14.2. The third kappa shape index (κ3) is 2.91. The Morgan fingerprint density at radius 2 is 1.96 bits per heavy atom. The highest BCUT2D eigenvalue weighted by Crippen LogP contribution is 2.34. The molecule has 0 saturated heterocycles. The molecule has 0 aliphatic carbocycles. The molecule has 2 heterocycles. The van der Waals surface area contributed by atoms with E-state index in [-0.39, 0.29) is 5.88 Å². The van der Waals surface area contributed by atoms with Gasteiger partial charge in [-0.05, 0) is 43.2 Å². The van der Waals surface area contributed by atoms with Crippen molar-refractivity contribution in [2.24, 2.45) is 17.0 Å². The van der Waals surface area contributed by atoms with Crippen LogP contribution in [0.1, 0.15) is 21.6 Å². The van der Waals surface area contributed by atoms with Gasteiger partial charge in [-0.25, -0.2) is 4.99 Å². The lowest BCUT2D eigenvalue weighted by molar-refractivity contribution is 0.427. The van der Waals surface area contributed by atoms with Crippen LogP contribution in [0.3, 0.4) is 0 Å². The molecule has 0 atom stereocenters. The summed E-state index contributed by atoms with van der Waals surface area (Å²) in [6.45, 7) is 4.09. The zero-order chi connectivity index (χ0) is 18.3. The molecule has 0 bridgehead atoms. The Morgan fingerprint density at radius 1 is 1.15 bits per heavy atom. The number of aromatic nitrogens is 1. The van der Waals surface area contributed by atoms with Crippen LogP contribution in [0.2, 0.25) is 0 Å². The number of fused-ring (bicyclic) bond motifs is 1. The van der Waals surface area contributed by atoms with E-state index in [1.165, 1.54) is 16.9 Å². The van der Waals surface area contributed by atoms with Crippen LogP contribution in [-0.2, 0) is 7.05 Å². The first-order valence-corrected chi connectivity index (χ1v) is 9.20. The molecule has 0 fully saturated rings. The summed E-state index contributed by atoms with van der Waals surface area (Å²) in [5.74, 6) is 0.212. The molecule has 1 aliphatic rings. The van der Waals surface area contributed by atoms with Gasteiger partial charge in [-0.2, -0.15) is 0 Å². The Morgan fingerprint density at radius 3 is 2.81 bits per heavy atom. The van der Waals surface area contributed by atoms with E-state index in [1.54, 1.807) is 4.57 Å². The van der Waals surface area contributed by atoms with Gasteiger partial charge in [-0.3, -0.25) is 9.56 Å². The van der Waals surface area contributed by atoms with Gasteiger partial charge in [0.1, 0.15) is 0 Å². The van der Waals surface area contributed by atoms with Gasteiger partial charge >= 0.3 is 0 Å². The van der Waals surface area contributed by atoms with E-state index < -0.39 is 0 Å². The van der Waals surface area contributed by atoms with Gasteiger partial charge in [0.15, 0.2) is 4.80 Å². The monoisotopic (exact) mass is 361 g/mol. The quantitative estimate of drug-likeness (QED) is 0.693. The van der Waals surface area contributed by atoms with E-state index in [1.807, 2.05) is 50.5 Å². The van der Waals surface area contributed by atoms with Crippen LogP contribution >= 0.6 is 11.3 Å². The first-order chi connectivity index (χ1) is 12.5. The largest absolute Gasteiger partial charge is 0.493 e. The average Bonchev–Trinajstić information content (AvgIpc) is 3.15. The smallest absolute Gasteiger partial charge is 0.210 e. The summed E-state index contributed by atoms with van der Waals surface area (Å²) in [5, 5.41) is 10.6. The molecule has 0 radical (unpaired) electrons. The van der Waals surface area contributed by atoms with Crippen molar-refractivity contribution in [2.45, 2.75) is 13.8 Å². The van der Waals surface area contributed by atoms with Crippen molar-refractivity contribution >= 4 is 40.6 Å². The van der Waals surface area contributed by atoms with Crippen LogP contribution < -0.4 is 4.80 Å². The van der Waals surface area contributed by atoms with Gasteiger partial charge in [-0.1, -0.05) is 41.7 Å². The summed E-state index contributed by atoms with van der Waals surface area (Å²) in [6.07, 6.45) is 3.81. The maximum Gasteiger partial charge on any atom is 0.210 e. The number of benzene rings is 2. The normalized spacial score (nSPS) is 15.0. The molecule has 3 aromatic rings. The minimum Gasteiger partial charge on any atom is -0.493 e. The van der Waals surface area contributed by atoms with Crippen LogP contribution in [0.15, 0.2) is 52.4 Å². The minimum absolute atomic E-state index is 0.212. The average molecular weight is 361 g/mol. The molecule has 0 spiro atoms. The fourth-order valence-corrected chi connectivity index (χ4v) is 3.88. The van der Waals surface area contributed by atoms with Gasteiger partial charge in [0.25, 0.3) is 0 Å². The SMILES string of the molecule is Cc1ccc(C)c(N=c2sc(/C=C3\C=Nc4ccccc43)c(O)n2C)c1. The predicted octanol–water partition coefficient (Wildman–Crippen LogP) is 4.90. The third-order valence-corrected chi connectivity index (χ3v) is 5.52. The fourth-order valence-electron chi connectivity index (χ4n) is 2.90. The summed E-state index contributed by atoms with van der Waals surface area (Å²) in [7, 11) is 1.83. The van der Waals surface area contributed by atoms with E-state index in [0.29, 0.717) is 0 Å². The zero-order valence-corrected chi connectivity index (χ0v) is 15.7. The van der Waals surface area contributed by atoms with E-state index in [9.17, 15) is 5.11 Å². The molecule has 0 unspecified atom stereocenters. The van der Waals surface area contributed by atoms with Crippen LogP contribution in [0.5, 0.6) is 5.88 Å². The number of nitrogens with zero attached hydrogens (tertiary/aromatic N) is 3. The zero-order valence-electron chi connectivity index (χ0n) is 14.9. The van der Waals surface area contributed by atoms with E-state index in [0.717, 1.165) is 37.8 Å². The molecule has 130 valence electrons. The van der Waals surface area contributed by atoms with Crippen LogP contribution in [0.25, 0.3) is 11.6 Å². The number of aromatic hydroxyl groups is 1. The lowest BCUT2D eigenvalue weighted by atomic mass is 10.1. The Balaban J connectivity index is 1.81. The first kappa shape index (κ1) is 16.5. The number of aryl methyl sites for hydroxylation is 2. The van der Waals surface area contributed by atoms with Gasteiger partial charge < -0.3 is 5.11 Å². The molecule has 4 rings (SSSR count). The van der Waals surface area contributed by atoms with Crippen molar-refractivity contribution in [1.82, 2.24) is 4.57 Å². The van der Waals surface area contributed by atoms with Gasteiger partial charge in [0, 0.05) is 24.4 Å². The Labute approximate surface area is 156 Å². The Hall–Kier alpha value is -2.92. The number of hydrogen-bond acceptors (Lipinski definition) is 4. The van der Waals surface area contributed by atoms with Crippen molar-refractivity contribution in [3.63, 3.8) is 0 Å². The molecular formula is C21H19N3OS. The van der Waals surface area contributed by atoms with Crippen molar-refractivity contribution in [3.8, 4) is 5.88 Å². The maximum absolute atomic E-state index is 10.6. The number of allylic oxidation sites excluding steroid dienone is 1. The van der Waals surface area contributed by atoms with E-state index in [2.05, 4.69) is 30.1 Å². The second-order valence-electron chi connectivity index (χ2n) is 6.41. The molecular weight excluding hydrogens is 342 g/mol. The highest BCUT2D eigenvalue weighted by molar-refractivity contribution is 7.10. The van der Waals surface area contributed by atoms with Crippen molar-refractivity contribution in [2.75, 3.05) is 0 Å². The summed E-state index contributed by atoms with van der Waals surface area (Å²) in [5.41, 5.74) is 6.24. The molecule has 0 saturated carbocycles. The van der Waals surface area contributed by atoms with Gasteiger partial charge in [0.2, 0.25) is 5.88 Å². The molecule has 1 aromatic heterocycles. The lowest BCUT2D eigenvalue weighted by Gasteiger charge is -2.01. The van der Waals surface area contributed by atoms with Crippen LogP contribution in [0, 0.1) is 13.8 Å². The molecule has 1 N–H and O–H groups in total. The molecule has 0 amide bonds.